The molecule has 15 atom stereocenters. The highest BCUT2D eigenvalue weighted by atomic mass is 16.7. The van der Waals surface area contributed by atoms with Crippen LogP contribution in [0.4, 0.5) is 0 Å². The maximum Gasteiger partial charge on any atom is 0.334 e. The minimum absolute atomic E-state index is 0.109. The molecule has 2 heterocycles. The van der Waals surface area contributed by atoms with Crippen molar-refractivity contribution in [1.82, 2.24) is 0 Å². The van der Waals surface area contributed by atoms with Gasteiger partial charge in [0.15, 0.2) is 6.29 Å². The Morgan fingerprint density at radius 2 is 1.77 bits per heavy atom. The summed E-state index contributed by atoms with van der Waals surface area (Å²) >= 11 is 0. The summed E-state index contributed by atoms with van der Waals surface area (Å²) in [5.41, 5.74) is 2.22. The van der Waals surface area contributed by atoms with Crippen molar-refractivity contribution >= 4 is 5.97 Å². The Kier molecular flexibility index (Phi) is 8.89. The second-order valence-electron chi connectivity index (χ2n) is 15.2. The summed E-state index contributed by atoms with van der Waals surface area (Å²) < 4.78 is 17.6. The standard InChI is InChI=1S/C34H52O10/c1-16-18(14-35)11-25(43-31(16)41)17(2)22-7-8-23-21-6-5-19-12-20(42-32-30(40)29(39)28(38)26(15-36)44-32)13-27(37)34(19,4)24(21)9-10-33(22,23)3/h5,17,20-30,32,35-40H,6-15H2,1-4H3/t17-,20+,21+,22-,23-,24+,25-,26-,27+,28+,29+,30+,32-,33+,34-/m0/s1. The number of rotatable bonds is 6. The molecule has 10 heteroatoms. The van der Waals surface area contributed by atoms with Crippen LogP contribution in [0.5, 0.6) is 0 Å². The number of aliphatic hydroxyl groups is 6. The van der Waals surface area contributed by atoms with Crippen LogP contribution in [0.25, 0.3) is 0 Å². The highest BCUT2D eigenvalue weighted by molar-refractivity contribution is 5.89. The molecule has 0 amide bonds. The summed E-state index contributed by atoms with van der Waals surface area (Å²) in [5, 5.41) is 62.0. The molecule has 0 aromatic carbocycles. The Morgan fingerprint density at radius 3 is 2.48 bits per heavy atom. The van der Waals surface area contributed by atoms with Crippen LogP contribution >= 0.6 is 0 Å². The van der Waals surface area contributed by atoms with E-state index in [2.05, 4.69) is 26.8 Å². The summed E-state index contributed by atoms with van der Waals surface area (Å²) in [6.45, 7) is 7.97. The first-order valence-corrected chi connectivity index (χ1v) is 16.7. The van der Waals surface area contributed by atoms with E-state index in [-0.39, 0.29) is 35.4 Å². The lowest BCUT2D eigenvalue weighted by Gasteiger charge is -2.60. The average molecular weight is 621 g/mol. The number of allylic oxidation sites excluding steroid dienone is 1. The van der Waals surface area contributed by atoms with Crippen molar-refractivity contribution in [2.45, 2.75) is 128 Å². The monoisotopic (exact) mass is 620 g/mol. The van der Waals surface area contributed by atoms with Gasteiger partial charge >= 0.3 is 5.97 Å². The van der Waals surface area contributed by atoms with Crippen LogP contribution in [-0.2, 0) is 19.0 Å². The third kappa shape index (κ3) is 5.03. The number of esters is 1. The predicted molar refractivity (Wildman–Crippen MR) is 159 cm³/mol. The van der Waals surface area contributed by atoms with Gasteiger partial charge in [-0.1, -0.05) is 32.4 Å². The molecule has 3 saturated carbocycles. The van der Waals surface area contributed by atoms with Crippen LogP contribution < -0.4 is 0 Å². The summed E-state index contributed by atoms with van der Waals surface area (Å²) in [7, 11) is 0. The number of carbonyl (C=O) groups excluding carboxylic acids is 1. The molecule has 0 bridgehead atoms. The molecule has 6 aliphatic rings. The number of ether oxygens (including phenoxy) is 3. The number of carbonyl (C=O) groups is 1. The third-order valence-electron chi connectivity index (χ3n) is 13.4. The van der Waals surface area contributed by atoms with E-state index < -0.39 is 49.5 Å². The SMILES string of the molecule is CC1=C(CO)C[C@@H]([C@@H](C)[C@@H]2CC[C@H]3[C@H]4CC=C5C[C@@H](O[C@H]6O[C@@H](CO)[C@@H](O)[C@@H](O)[C@H]6O)C[C@@H](O)[C@]5(C)[C@@H]4CC[C@]23C)OC1=O. The van der Waals surface area contributed by atoms with E-state index in [0.29, 0.717) is 48.5 Å². The van der Waals surface area contributed by atoms with Crippen LogP contribution in [0.3, 0.4) is 0 Å². The Bertz CT molecular complexity index is 1170. The lowest BCUT2D eigenvalue weighted by atomic mass is 9.46. The molecule has 2 aliphatic heterocycles. The van der Waals surface area contributed by atoms with Gasteiger partial charge in [0.2, 0.25) is 0 Å². The van der Waals surface area contributed by atoms with E-state index in [1.165, 1.54) is 5.57 Å². The molecule has 0 unspecified atom stereocenters. The molecular weight excluding hydrogens is 568 g/mol. The molecule has 10 nitrogen and oxygen atoms in total. The quantitative estimate of drug-likeness (QED) is 0.191. The van der Waals surface area contributed by atoms with Gasteiger partial charge in [-0.2, -0.15) is 0 Å². The number of hydrogen-bond donors (Lipinski definition) is 6. The van der Waals surface area contributed by atoms with Crippen LogP contribution in [0.1, 0.15) is 79.1 Å². The third-order valence-corrected chi connectivity index (χ3v) is 13.4. The van der Waals surface area contributed by atoms with Gasteiger partial charge in [0.25, 0.3) is 0 Å². The van der Waals surface area contributed by atoms with Crippen LogP contribution in [0.2, 0.25) is 0 Å². The lowest BCUT2D eigenvalue weighted by Crippen LogP contribution is -2.60. The molecule has 44 heavy (non-hydrogen) atoms. The minimum Gasteiger partial charge on any atom is -0.458 e. The molecule has 6 rings (SSSR count). The Hall–Kier alpha value is -1.37. The smallest absolute Gasteiger partial charge is 0.334 e. The highest BCUT2D eigenvalue weighted by Crippen LogP contribution is 2.67. The van der Waals surface area contributed by atoms with E-state index in [9.17, 15) is 35.4 Å². The molecule has 6 N–H and O–H groups in total. The van der Waals surface area contributed by atoms with Crippen molar-refractivity contribution in [2.75, 3.05) is 13.2 Å². The fourth-order valence-electron chi connectivity index (χ4n) is 10.6. The van der Waals surface area contributed by atoms with Gasteiger partial charge in [0, 0.05) is 23.8 Å². The van der Waals surface area contributed by atoms with Gasteiger partial charge in [-0.05, 0) is 86.0 Å². The zero-order valence-corrected chi connectivity index (χ0v) is 26.5. The Morgan fingerprint density at radius 1 is 1.02 bits per heavy atom. The predicted octanol–water partition coefficient (Wildman–Crippen LogP) is 1.98. The largest absolute Gasteiger partial charge is 0.458 e. The van der Waals surface area contributed by atoms with E-state index >= 15 is 0 Å². The second kappa shape index (κ2) is 12.0. The van der Waals surface area contributed by atoms with Crippen molar-refractivity contribution < 1.29 is 49.6 Å². The van der Waals surface area contributed by atoms with Crippen LogP contribution in [-0.4, -0.2) is 98.8 Å². The fourth-order valence-corrected chi connectivity index (χ4v) is 10.6. The van der Waals surface area contributed by atoms with Crippen molar-refractivity contribution in [3.8, 4) is 0 Å². The first-order valence-electron chi connectivity index (χ1n) is 16.7. The maximum atomic E-state index is 12.6. The number of fused-ring (bicyclic) bond motifs is 5. The molecule has 1 saturated heterocycles. The highest BCUT2D eigenvalue weighted by Gasteiger charge is 2.62. The second-order valence-corrected chi connectivity index (χ2v) is 15.2. The van der Waals surface area contributed by atoms with E-state index in [0.717, 1.165) is 37.7 Å². The van der Waals surface area contributed by atoms with Crippen molar-refractivity contribution in [3.63, 3.8) is 0 Å². The van der Waals surface area contributed by atoms with Gasteiger partial charge in [-0.25, -0.2) is 4.79 Å². The maximum absolute atomic E-state index is 12.6. The number of aliphatic hydroxyl groups excluding tert-OH is 6. The van der Waals surface area contributed by atoms with Crippen LogP contribution in [0, 0.1) is 40.4 Å². The number of cyclic esters (lactones) is 1. The zero-order chi connectivity index (χ0) is 31.7. The van der Waals surface area contributed by atoms with E-state index in [1.807, 2.05) is 0 Å². The molecular formula is C34H52O10. The molecule has 0 spiro atoms. The number of hydrogen-bond acceptors (Lipinski definition) is 10. The van der Waals surface area contributed by atoms with E-state index in [4.69, 9.17) is 14.2 Å². The summed E-state index contributed by atoms with van der Waals surface area (Å²) in [5.74, 6) is 1.57. The molecule has 4 fully saturated rings. The summed E-state index contributed by atoms with van der Waals surface area (Å²) in [4.78, 5) is 12.6. The van der Waals surface area contributed by atoms with Crippen molar-refractivity contribution in [2.24, 2.45) is 40.4 Å². The molecule has 248 valence electrons. The van der Waals surface area contributed by atoms with Crippen molar-refractivity contribution in [1.29, 1.82) is 0 Å². The van der Waals surface area contributed by atoms with Gasteiger partial charge in [0.1, 0.15) is 30.5 Å². The normalized spacial score (nSPS) is 49.9. The Labute approximate surface area is 260 Å². The van der Waals surface area contributed by atoms with Crippen molar-refractivity contribution in [3.05, 3.63) is 22.8 Å². The summed E-state index contributed by atoms with van der Waals surface area (Å²) in [6, 6.07) is 0. The minimum atomic E-state index is -1.50. The first kappa shape index (κ1) is 32.6. The topological polar surface area (TPSA) is 166 Å². The van der Waals surface area contributed by atoms with Gasteiger partial charge in [0.05, 0.1) is 25.4 Å². The molecule has 0 radical (unpaired) electrons. The fraction of sp³-hybridized carbons (Fsp3) is 0.853. The molecule has 4 aliphatic carbocycles. The lowest BCUT2D eigenvalue weighted by molar-refractivity contribution is -0.315. The van der Waals surface area contributed by atoms with Crippen LogP contribution in [0.15, 0.2) is 22.8 Å². The molecule has 0 aromatic heterocycles. The summed E-state index contributed by atoms with van der Waals surface area (Å²) in [6.07, 6.45) is 1.07. The first-order chi connectivity index (χ1) is 20.8. The van der Waals surface area contributed by atoms with Gasteiger partial charge in [-0.3, -0.25) is 0 Å². The van der Waals surface area contributed by atoms with Gasteiger partial charge in [-0.15, -0.1) is 0 Å². The Balaban J connectivity index is 1.17. The average Bonchev–Trinajstić information content (AvgIpc) is 3.36. The van der Waals surface area contributed by atoms with E-state index in [1.54, 1.807) is 6.92 Å². The zero-order valence-electron chi connectivity index (χ0n) is 26.5. The van der Waals surface area contributed by atoms with Gasteiger partial charge < -0.3 is 44.8 Å². The molecule has 0 aromatic rings.